The van der Waals surface area contributed by atoms with E-state index < -0.39 is 29.6 Å². The van der Waals surface area contributed by atoms with Gasteiger partial charge in [-0.2, -0.15) is 0 Å². The smallest absolute Gasteiger partial charge is 0.408 e. The Kier molecular flexibility index (Phi) is 6.19. The fourth-order valence-electron chi connectivity index (χ4n) is 1.37. The largest absolute Gasteiger partial charge is 0.480 e. The zero-order valence-corrected chi connectivity index (χ0v) is 13.9. The van der Waals surface area contributed by atoms with Crippen molar-refractivity contribution in [3.05, 3.63) is 21.3 Å². The zero-order chi connectivity index (χ0) is 16.9. The maximum absolute atomic E-state index is 11.8. The van der Waals surface area contributed by atoms with Crippen molar-refractivity contribution in [1.82, 2.24) is 10.6 Å². The van der Waals surface area contributed by atoms with Gasteiger partial charge in [-0.15, -0.1) is 11.3 Å². The van der Waals surface area contributed by atoms with Gasteiger partial charge in [0, 0.05) is 6.54 Å². The van der Waals surface area contributed by atoms with E-state index in [2.05, 4.69) is 10.6 Å². The second-order valence-electron chi connectivity index (χ2n) is 5.35. The third-order valence-electron chi connectivity index (χ3n) is 2.25. The highest BCUT2D eigenvalue weighted by Gasteiger charge is 2.24. The predicted molar refractivity (Wildman–Crippen MR) is 82.5 cm³/mol. The lowest BCUT2D eigenvalue weighted by atomic mass is 10.2. The minimum Gasteiger partial charge on any atom is -0.480 e. The van der Waals surface area contributed by atoms with E-state index in [1.54, 1.807) is 26.8 Å². The maximum atomic E-state index is 11.8. The van der Waals surface area contributed by atoms with Crippen LogP contribution in [-0.4, -0.2) is 41.3 Å². The predicted octanol–water partition coefficient (Wildman–Crippen LogP) is 2.11. The molecule has 1 unspecified atom stereocenters. The molecule has 0 aliphatic heterocycles. The van der Waals surface area contributed by atoms with E-state index in [-0.39, 0.29) is 6.54 Å². The topological polar surface area (TPSA) is 105 Å². The zero-order valence-electron chi connectivity index (χ0n) is 12.3. The van der Waals surface area contributed by atoms with Gasteiger partial charge in [-0.3, -0.25) is 4.79 Å². The number of nitrogens with one attached hydrogen (secondary N) is 2. The number of rotatable bonds is 5. The molecule has 1 rings (SSSR count). The van der Waals surface area contributed by atoms with Crippen molar-refractivity contribution in [2.24, 2.45) is 0 Å². The van der Waals surface area contributed by atoms with E-state index in [0.717, 1.165) is 11.3 Å². The van der Waals surface area contributed by atoms with Crippen LogP contribution in [0.3, 0.4) is 0 Å². The SMILES string of the molecule is CC(C)(C)OC(=O)NC(CNC(=O)c1ccc(Cl)s1)C(=O)O. The quantitative estimate of drug-likeness (QED) is 0.755. The van der Waals surface area contributed by atoms with Crippen LogP contribution in [0.1, 0.15) is 30.4 Å². The highest BCUT2D eigenvalue weighted by Crippen LogP contribution is 2.21. The van der Waals surface area contributed by atoms with Crippen LogP contribution in [0.4, 0.5) is 4.79 Å². The molecule has 0 bridgehead atoms. The van der Waals surface area contributed by atoms with Crippen molar-refractivity contribution < 1.29 is 24.2 Å². The number of alkyl carbamates (subject to hydrolysis) is 1. The lowest BCUT2D eigenvalue weighted by molar-refractivity contribution is -0.139. The van der Waals surface area contributed by atoms with Crippen LogP contribution in [0.15, 0.2) is 12.1 Å². The molecule has 9 heteroatoms. The van der Waals surface area contributed by atoms with Gasteiger partial charge in [0.2, 0.25) is 0 Å². The van der Waals surface area contributed by atoms with Crippen molar-refractivity contribution >= 4 is 40.9 Å². The highest BCUT2D eigenvalue weighted by atomic mass is 35.5. The molecule has 2 amide bonds. The van der Waals surface area contributed by atoms with E-state index >= 15 is 0 Å². The molecule has 1 atom stereocenters. The summed E-state index contributed by atoms with van der Waals surface area (Å²) in [7, 11) is 0. The second-order valence-corrected chi connectivity index (χ2v) is 7.07. The number of thiophene rings is 1. The van der Waals surface area contributed by atoms with Crippen LogP contribution in [0.5, 0.6) is 0 Å². The molecule has 122 valence electrons. The fraction of sp³-hybridized carbons (Fsp3) is 0.462. The normalized spacial score (nSPS) is 12.4. The number of carbonyl (C=O) groups excluding carboxylic acids is 2. The Balaban J connectivity index is 2.56. The summed E-state index contributed by atoms with van der Waals surface area (Å²) in [5.41, 5.74) is -0.746. The molecule has 0 saturated heterocycles. The minimum atomic E-state index is -1.30. The summed E-state index contributed by atoms with van der Waals surface area (Å²) in [5.74, 6) is -1.75. The Labute approximate surface area is 136 Å². The van der Waals surface area contributed by atoms with Crippen LogP contribution in [-0.2, 0) is 9.53 Å². The van der Waals surface area contributed by atoms with Crippen molar-refractivity contribution in [2.75, 3.05) is 6.54 Å². The van der Waals surface area contributed by atoms with Gasteiger partial charge < -0.3 is 20.5 Å². The summed E-state index contributed by atoms with van der Waals surface area (Å²) in [5, 5.41) is 13.7. The van der Waals surface area contributed by atoms with E-state index in [9.17, 15) is 14.4 Å². The number of carboxylic acid groups (broad SMARTS) is 1. The number of carboxylic acids is 1. The first-order valence-electron chi connectivity index (χ1n) is 6.34. The molecule has 0 aliphatic carbocycles. The molecule has 0 spiro atoms. The van der Waals surface area contributed by atoms with Gasteiger partial charge in [-0.1, -0.05) is 11.6 Å². The van der Waals surface area contributed by atoms with Crippen molar-refractivity contribution in [3.8, 4) is 0 Å². The molecule has 1 heterocycles. The third kappa shape index (κ3) is 6.31. The number of hydrogen-bond acceptors (Lipinski definition) is 5. The lowest BCUT2D eigenvalue weighted by Crippen LogP contribution is -2.49. The Morgan fingerprint density at radius 2 is 2.00 bits per heavy atom. The van der Waals surface area contributed by atoms with Gasteiger partial charge in [-0.05, 0) is 32.9 Å². The standard InChI is InChI=1S/C13H17ClN2O5S/c1-13(2,3)21-12(20)16-7(11(18)19)6-15-10(17)8-4-5-9(14)22-8/h4-5,7H,6H2,1-3H3,(H,15,17)(H,16,20)(H,18,19). The van der Waals surface area contributed by atoms with Crippen LogP contribution < -0.4 is 10.6 Å². The third-order valence-corrected chi connectivity index (χ3v) is 3.48. The van der Waals surface area contributed by atoms with E-state index in [0.29, 0.717) is 9.21 Å². The first-order valence-corrected chi connectivity index (χ1v) is 7.54. The van der Waals surface area contributed by atoms with Gasteiger partial charge in [-0.25, -0.2) is 9.59 Å². The van der Waals surface area contributed by atoms with Crippen LogP contribution in [0, 0.1) is 0 Å². The number of amides is 2. The molecule has 0 aliphatic rings. The molecule has 0 saturated carbocycles. The summed E-state index contributed by atoms with van der Waals surface area (Å²) in [6.45, 7) is 4.70. The Morgan fingerprint density at radius 1 is 1.36 bits per heavy atom. The Bertz CT molecular complexity index is 567. The van der Waals surface area contributed by atoms with Gasteiger partial charge in [0.15, 0.2) is 0 Å². The Morgan fingerprint density at radius 3 is 2.45 bits per heavy atom. The molecule has 0 radical (unpaired) electrons. The molecule has 0 fully saturated rings. The average molecular weight is 349 g/mol. The van der Waals surface area contributed by atoms with Gasteiger partial charge in [0.1, 0.15) is 11.6 Å². The molecule has 7 nitrogen and oxygen atoms in total. The molecule has 22 heavy (non-hydrogen) atoms. The van der Waals surface area contributed by atoms with Crippen molar-refractivity contribution in [1.29, 1.82) is 0 Å². The summed E-state index contributed by atoms with van der Waals surface area (Å²) in [6, 6.07) is 1.79. The average Bonchev–Trinajstić information content (AvgIpc) is 2.78. The van der Waals surface area contributed by atoms with Gasteiger partial charge >= 0.3 is 12.1 Å². The molecule has 3 N–H and O–H groups in total. The van der Waals surface area contributed by atoms with E-state index in [1.807, 2.05) is 0 Å². The van der Waals surface area contributed by atoms with E-state index in [4.69, 9.17) is 21.4 Å². The molecular formula is C13H17ClN2O5S. The maximum Gasteiger partial charge on any atom is 0.408 e. The van der Waals surface area contributed by atoms with Gasteiger partial charge in [0.05, 0.1) is 9.21 Å². The Hall–Kier alpha value is -1.80. The first kappa shape index (κ1) is 18.2. The van der Waals surface area contributed by atoms with Gasteiger partial charge in [0.25, 0.3) is 5.91 Å². The minimum absolute atomic E-state index is 0.275. The number of carbonyl (C=O) groups is 3. The fourth-order valence-corrected chi connectivity index (χ4v) is 2.33. The van der Waals surface area contributed by atoms with Crippen LogP contribution in [0.25, 0.3) is 0 Å². The first-order chi connectivity index (χ1) is 10.1. The molecule has 1 aromatic heterocycles. The number of aliphatic carboxylic acids is 1. The number of halogens is 1. The van der Waals surface area contributed by atoms with Crippen molar-refractivity contribution in [3.63, 3.8) is 0 Å². The summed E-state index contributed by atoms with van der Waals surface area (Å²) in [4.78, 5) is 34.8. The molecule has 0 aromatic carbocycles. The molecule has 1 aromatic rings. The summed E-state index contributed by atoms with van der Waals surface area (Å²) in [6.07, 6.45) is -0.867. The second kappa shape index (κ2) is 7.46. The van der Waals surface area contributed by atoms with Crippen LogP contribution >= 0.6 is 22.9 Å². The van der Waals surface area contributed by atoms with Crippen molar-refractivity contribution in [2.45, 2.75) is 32.4 Å². The lowest BCUT2D eigenvalue weighted by Gasteiger charge is -2.22. The number of ether oxygens (including phenoxy) is 1. The molecular weight excluding hydrogens is 332 g/mol. The highest BCUT2D eigenvalue weighted by molar-refractivity contribution is 7.17. The summed E-state index contributed by atoms with van der Waals surface area (Å²) >= 11 is 6.79. The summed E-state index contributed by atoms with van der Waals surface area (Å²) < 4.78 is 5.42. The number of hydrogen-bond donors (Lipinski definition) is 3. The van der Waals surface area contributed by atoms with E-state index in [1.165, 1.54) is 6.07 Å². The van der Waals surface area contributed by atoms with Crippen LogP contribution in [0.2, 0.25) is 4.34 Å². The monoisotopic (exact) mass is 348 g/mol.